The maximum atomic E-state index is 12.2. The highest BCUT2D eigenvalue weighted by Crippen LogP contribution is 2.30. The van der Waals surface area contributed by atoms with E-state index in [1.807, 2.05) is 39.1 Å². The Balaban J connectivity index is 1.69. The zero-order valence-corrected chi connectivity index (χ0v) is 15.0. The van der Waals surface area contributed by atoms with E-state index in [1.54, 1.807) is 11.0 Å². The highest BCUT2D eigenvalue weighted by Gasteiger charge is 2.27. The van der Waals surface area contributed by atoms with Crippen molar-refractivity contribution in [1.29, 1.82) is 0 Å². The van der Waals surface area contributed by atoms with Crippen molar-refractivity contribution in [1.82, 2.24) is 9.88 Å². The number of hydrogen-bond donors (Lipinski definition) is 0. The van der Waals surface area contributed by atoms with Gasteiger partial charge in [0, 0.05) is 30.2 Å². The Morgan fingerprint density at radius 1 is 1.24 bits per heavy atom. The van der Waals surface area contributed by atoms with Crippen LogP contribution in [0.4, 0.5) is 4.79 Å². The fourth-order valence-electron chi connectivity index (χ4n) is 3.19. The molecule has 1 aromatic carbocycles. The maximum Gasteiger partial charge on any atom is 0.410 e. The predicted octanol–water partition coefficient (Wildman–Crippen LogP) is 4.16. The van der Waals surface area contributed by atoms with Crippen molar-refractivity contribution in [2.75, 3.05) is 13.1 Å². The molecule has 1 fully saturated rings. The molecule has 0 bridgehead atoms. The number of carbonyl (C=O) groups excluding carboxylic acids is 2. The number of aldehydes is 1. The molecule has 0 atom stereocenters. The van der Waals surface area contributed by atoms with Crippen molar-refractivity contribution in [3.05, 3.63) is 41.6 Å². The molecule has 1 aliphatic rings. The molecule has 3 rings (SSSR count). The van der Waals surface area contributed by atoms with Gasteiger partial charge in [-0.1, -0.05) is 0 Å². The van der Waals surface area contributed by atoms with Crippen LogP contribution in [0.25, 0.3) is 10.9 Å². The minimum absolute atomic E-state index is 0.238. The number of likely N-dealkylation sites (tertiary alicyclic amines) is 1. The molecule has 0 spiro atoms. The zero-order valence-electron chi connectivity index (χ0n) is 15.0. The Labute approximate surface area is 148 Å². The van der Waals surface area contributed by atoms with Crippen LogP contribution in [-0.2, 0) is 4.74 Å². The van der Waals surface area contributed by atoms with Crippen LogP contribution in [0.3, 0.4) is 0 Å². The summed E-state index contributed by atoms with van der Waals surface area (Å²) in [7, 11) is 0. The molecule has 1 aromatic heterocycles. The summed E-state index contributed by atoms with van der Waals surface area (Å²) < 4.78 is 5.44. The first-order valence-corrected chi connectivity index (χ1v) is 8.68. The van der Waals surface area contributed by atoms with Crippen molar-refractivity contribution in [2.24, 2.45) is 0 Å². The lowest BCUT2D eigenvalue weighted by atomic mass is 9.90. The molecule has 0 radical (unpaired) electrons. The lowest BCUT2D eigenvalue weighted by molar-refractivity contribution is 0.0205. The van der Waals surface area contributed by atoms with Crippen LogP contribution in [-0.4, -0.2) is 41.0 Å². The number of benzene rings is 1. The summed E-state index contributed by atoms with van der Waals surface area (Å²) in [6.07, 6.45) is 4.31. The maximum absolute atomic E-state index is 12.2. The quantitative estimate of drug-likeness (QED) is 0.770. The molecule has 25 heavy (non-hydrogen) atoms. The molecule has 2 aromatic rings. The summed E-state index contributed by atoms with van der Waals surface area (Å²) in [4.78, 5) is 29.4. The minimum atomic E-state index is -0.466. The number of rotatable bonds is 2. The lowest BCUT2D eigenvalue weighted by Crippen LogP contribution is -2.41. The van der Waals surface area contributed by atoms with Gasteiger partial charge in [0.25, 0.3) is 0 Å². The van der Waals surface area contributed by atoms with E-state index in [4.69, 9.17) is 4.74 Å². The Bertz CT molecular complexity index is 787. The van der Waals surface area contributed by atoms with Crippen molar-refractivity contribution in [3.63, 3.8) is 0 Å². The van der Waals surface area contributed by atoms with Crippen molar-refractivity contribution in [2.45, 2.75) is 45.1 Å². The third-order valence-corrected chi connectivity index (χ3v) is 4.48. The number of piperidine rings is 1. The van der Waals surface area contributed by atoms with E-state index in [0.29, 0.717) is 24.6 Å². The first-order valence-electron chi connectivity index (χ1n) is 8.68. The third-order valence-electron chi connectivity index (χ3n) is 4.48. The molecule has 2 heterocycles. The van der Waals surface area contributed by atoms with E-state index >= 15 is 0 Å². The number of aromatic nitrogens is 1. The number of fused-ring (bicyclic) bond motifs is 1. The lowest BCUT2D eigenvalue weighted by Gasteiger charge is -2.33. The van der Waals surface area contributed by atoms with Crippen LogP contribution < -0.4 is 0 Å². The molecule has 0 aliphatic carbocycles. The summed E-state index contributed by atoms with van der Waals surface area (Å²) in [5.41, 5.74) is 2.25. The minimum Gasteiger partial charge on any atom is -0.444 e. The molecular formula is C20H24N2O3. The third kappa shape index (κ3) is 4.16. The van der Waals surface area contributed by atoms with Crippen molar-refractivity contribution < 1.29 is 14.3 Å². The largest absolute Gasteiger partial charge is 0.444 e. The predicted molar refractivity (Wildman–Crippen MR) is 96.9 cm³/mol. The van der Waals surface area contributed by atoms with Gasteiger partial charge in [-0.25, -0.2) is 4.79 Å². The molecule has 0 unspecified atom stereocenters. The molecule has 5 heteroatoms. The van der Waals surface area contributed by atoms with Crippen molar-refractivity contribution in [3.8, 4) is 0 Å². The number of ether oxygens (including phenoxy) is 1. The summed E-state index contributed by atoms with van der Waals surface area (Å²) in [6.45, 7) is 7.02. The fourth-order valence-corrected chi connectivity index (χ4v) is 3.19. The Kier molecular flexibility index (Phi) is 4.75. The molecule has 0 saturated carbocycles. The highest BCUT2D eigenvalue weighted by atomic mass is 16.6. The SMILES string of the molecule is CC(C)(C)OC(=O)N1CCC(c2cnc3ccc(C=O)cc3c2)CC1. The van der Waals surface area contributed by atoms with E-state index in [9.17, 15) is 9.59 Å². The van der Waals surface area contributed by atoms with Crippen molar-refractivity contribution >= 4 is 23.3 Å². The van der Waals surface area contributed by atoms with Crippen LogP contribution in [0, 0.1) is 0 Å². The molecule has 0 N–H and O–H groups in total. The molecule has 132 valence electrons. The number of nitrogens with zero attached hydrogens (tertiary/aromatic N) is 2. The highest BCUT2D eigenvalue weighted by molar-refractivity contribution is 5.87. The molecule has 5 nitrogen and oxygen atoms in total. The van der Waals surface area contributed by atoms with E-state index in [2.05, 4.69) is 11.1 Å². The smallest absolute Gasteiger partial charge is 0.410 e. The van der Waals surface area contributed by atoms with Gasteiger partial charge in [-0.3, -0.25) is 9.78 Å². The van der Waals surface area contributed by atoms with E-state index in [-0.39, 0.29) is 6.09 Å². The van der Waals surface area contributed by atoms with Crippen LogP contribution in [0.5, 0.6) is 0 Å². The van der Waals surface area contributed by atoms with Gasteiger partial charge < -0.3 is 9.64 Å². The summed E-state index contributed by atoms with van der Waals surface area (Å²) in [6, 6.07) is 7.63. The van der Waals surface area contributed by atoms with Gasteiger partial charge in [0.05, 0.1) is 5.52 Å². The summed E-state index contributed by atoms with van der Waals surface area (Å²) in [5, 5.41) is 0.983. The normalized spacial score (nSPS) is 16.0. The molecular weight excluding hydrogens is 316 g/mol. The average Bonchev–Trinajstić information content (AvgIpc) is 2.59. The Morgan fingerprint density at radius 2 is 1.96 bits per heavy atom. The summed E-state index contributed by atoms with van der Waals surface area (Å²) >= 11 is 0. The van der Waals surface area contributed by atoms with Crippen LogP contribution >= 0.6 is 0 Å². The second kappa shape index (κ2) is 6.82. The van der Waals surface area contributed by atoms with Gasteiger partial charge in [-0.05, 0) is 69.4 Å². The standard InChI is InChI=1S/C20H24N2O3/c1-20(2,3)25-19(24)22-8-6-15(7-9-22)17-11-16-10-14(13-23)4-5-18(16)21-12-17/h4-5,10-13,15H,6-9H2,1-3H3. The van der Waals surface area contributed by atoms with Gasteiger partial charge in [0.15, 0.2) is 0 Å². The number of carbonyl (C=O) groups is 2. The second-order valence-electron chi connectivity index (χ2n) is 7.58. The zero-order chi connectivity index (χ0) is 18.0. The van der Waals surface area contributed by atoms with E-state index in [0.717, 1.165) is 30.0 Å². The van der Waals surface area contributed by atoms with E-state index in [1.165, 1.54) is 5.56 Å². The van der Waals surface area contributed by atoms with Gasteiger partial charge in [-0.2, -0.15) is 0 Å². The fraction of sp³-hybridized carbons (Fsp3) is 0.450. The van der Waals surface area contributed by atoms with Crippen LogP contribution in [0.2, 0.25) is 0 Å². The van der Waals surface area contributed by atoms with Gasteiger partial charge >= 0.3 is 6.09 Å². The topological polar surface area (TPSA) is 59.5 Å². The molecule has 1 saturated heterocycles. The monoisotopic (exact) mass is 340 g/mol. The number of pyridine rings is 1. The van der Waals surface area contributed by atoms with Crippen LogP contribution in [0.1, 0.15) is 55.5 Å². The second-order valence-corrected chi connectivity index (χ2v) is 7.58. The average molecular weight is 340 g/mol. The molecule has 1 aliphatic heterocycles. The van der Waals surface area contributed by atoms with Gasteiger partial charge in [0.1, 0.15) is 11.9 Å². The first kappa shape index (κ1) is 17.4. The molecule has 1 amide bonds. The first-order chi connectivity index (χ1) is 11.9. The number of amides is 1. The van der Waals surface area contributed by atoms with Crippen LogP contribution in [0.15, 0.2) is 30.5 Å². The Hall–Kier alpha value is -2.43. The summed E-state index contributed by atoms with van der Waals surface area (Å²) in [5.74, 6) is 0.371. The van der Waals surface area contributed by atoms with E-state index < -0.39 is 5.60 Å². The van der Waals surface area contributed by atoms with Gasteiger partial charge in [-0.15, -0.1) is 0 Å². The number of hydrogen-bond acceptors (Lipinski definition) is 4. The Morgan fingerprint density at radius 3 is 2.60 bits per heavy atom. The van der Waals surface area contributed by atoms with Gasteiger partial charge in [0.2, 0.25) is 0 Å².